The van der Waals surface area contributed by atoms with Crippen molar-refractivity contribution >= 4 is 15.5 Å². The van der Waals surface area contributed by atoms with Gasteiger partial charge in [0.1, 0.15) is 18.2 Å². The molecule has 0 aliphatic rings. The van der Waals surface area contributed by atoms with E-state index < -0.39 is 15.9 Å². The number of ether oxygens (including phenoxy) is 1. The Kier molecular flexibility index (Phi) is 5.78. The number of aryl methyl sites for hydroxylation is 1. The second kappa shape index (κ2) is 8.64. The Morgan fingerprint density at radius 3 is 2.33 bits per heavy atom. The molecule has 0 aliphatic carbocycles. The zero-order valence-corrected chi connectivity index (χ0v) is 16.9. The minimum atomic E-state index is -3.64. The summed E-state index contributed by atoms with van der Waals surface area (Å²) in [5, 5.41) is 18.5. The van der Waals surface area contributed by atoms with Crippen molar-refractivity contribution in [2.24, 2.45) is 0 Å². The molecule has 2 heterocycles. The highest BCUT2D eigenvalue weighted by molar-refractivity contribution is 7.91. The summed E-state index contributed by atoms with van der Waals surface area (Å²) in [5.74, 6) is 1.27. The summed E-state index contributed by atoms with van der Waals surface area (Å²) in [7, 11) is -3.64. The molecule has 0 radical (unpaired) electrons. The number of aliphatic hydroxyl groups is 1. The zero-order valence-electron chi connectivity index (χ0n) is 16.1. The number of para-hydroxylation sites is 1. The van der Waals surface area contributed by atoms with Crippen molar-refractivity contribution in [2.75, 3.05) is 6.61 Å². The number of rotatable bonds is 8. The lowest BCUT2D eigenvalue weighted by Gasteiger charge is -2.12. The summed E-state index contributed by atoms with van der Waals surface area (Å²) < 4.78 is 33.0. The summed E-state index contributed by atoms with van der Waals surface area (Å²) >= 11 is 0. The summed E-state index contributed by atoms with van der Waals surface area (Å²) in [6.07, 6.45) is 1.67. The van der Waals surface area contributed by atoms with Crippen molar-refractivity contribution in [2.45, 2.75) is 28.7 Å². The molecule has 0 bridgehead atoms. The molecule has 1 atom stereocenters. The van der Waals surface area contributed by atoms with Crippen LogP contribution in [0.1, 0.15) is 12.2 Å². The normalized spacial score (nSPS) is 12.7. The topological polar surface area (TPSA) is 93.8 Å². The van der Waals surface area contributed by atoms with Crippen molar-refractivity contribution in [1.29, 1.82) is 0 Å². The number of pyridine rings is 1. The van der Waals surface area contributed by atoms with Crippen LogP contribution in [-0.2, 0) is 16.3 Å². The monoisotopic (exact) mass is 423 g/mol. The lowest BCUT2D eigenvalue weighted by atomic mass is 10.2. The van der Waals surface area contributed by atoms with Crippen LogP contribution in [0, 0.1) is 0 Å². The molecule has 4 aromatic rings. The average Bonchev–Trinajstić information content (AvgIpc) is 3.20. The first-order valence-electron chi connectivity index (χ1n) is 9.54. The van der Waals surface area contributed by atoms with Gasteiger partial charge in [-0.2, -0.15) is 0 Å². The highest BCUT2D eigenvalue weighted by atomic mass is 32.2. The molecule has 8 heteroatoms. The van der Waals surface area contributed by atoms with Crippen LogP contribution in [0.3, 0.4) is 0 Å². The first-order chi connectivity index (χ1) is 14.5. The fourth-order valence-corrected chi connectivity index (χ4v) is 4.35. The van der Waals surface area contributed by atoms with Gasteiger partial charge >= 0.3 is 0 Å². The predicted molar refractivity (Wildman–Crippen MR) is 111 cm³/mol. The van der Waals surface area contributed by atoms with E-state index in [0.717, 1.165) is 0 Å². The van der Waals surface area contributed by atoms with Crippen molar-refractivity contribution < 1.29 is 18.3 Å². The van der Waals surface area contributed by atoms with E-state index in [9.17, 15) is 13.5 Å². The average molecular weight is 423 g/mol. The Hall–Kier alpha value is -3.23. The first kappa shape index (κ1) is 20.1. The van der Waals surface area contributed by atoms with Crippen LogP contribution in [-0.4, -0.2) is 40.8 Å². The van der Waals surface area contributed by atoms with Crippen LogP contribution >= 0.6 is 0 Å². The zero-order chi connectivity index (χ0) is 21.0. The van der Waals surface area contributed by atoms with Crippen LogP contribution in [0.15, 0.2) is 88.8 Å². The number of benzene rings is 2. The van der Waals surface area contributed by atoms with E-state index in [1.807, 2.05) is 30.3 Å². The minimum Gasteiger partial charge on any atom is -0.491 e. The van der Waals surface area contributed by atoms with Gasteiger partial charge in [0.05, 0.1) is 15.9 Å². The van der Waals surface area contributed by atoms with Crippen molar-refractivity contribution in [1.82, 2.24) is 14.6 Å². The molecule has 0 saturated heterocycles. The second-order valence-corrected chi connectivity index (χ2v) is 8.79. The largest absolute Gasteiger partial charge is 0.491 e. The standard InChI is InChI=1S/C22H21N3O4S/c26-17(16-29-18-7-3-1-4-8-18)11-13-21-23-24-22-14-12-20(15-25(21)22)30(27,28)19-9-5-2-6-10-19/h1-10,12,14-15,17,26H,11,13,16H2. The second-order valence-electron chi connectivity index (χ2n) is 6.84. The maximum atomic E-state index is 12.9. The van der Waals surface area contributed by atoms with E-state index in [1.54, 1.807) is 40.8 Å². The molecule has 2 aromatic carbocycles. The molecule has 1 unspecified atom stereocenters. The predicted octanol–water partition coefficient (Wildman–Crippen LogP) is 2.93. The molecule has 0 amide bonds. The number of aliphatic hydroxyl groups excluding tert-OH is 1. The fraction of sp³-hybridized carbons (Fsp3) is 0.182. The molecule has 154 valence electrons. The van der Waals surface area contributed by atoms with Gasteiger partial charge in [0.25, 0.3) is 0 Å². The SMILES string of the molecule is O=S(=O)(c1ccccc1)c1ccc2nnc(CCC(O)COc3ccccc3)n2c1. The Balaban J connectivity index is 1.48. The smallest absolute Gasteiger partial charge is 0.208 e. The Bertz CT molecular complexity index is 1230. The molecule has 0 spiro atoms. The highest BCUT2D eigenvalue weighted by Gasteiger charge is 2.19. The fourth-order valence-electron chi connectivity index (χ4n) is 3.07. The van der Waals surface area contributed by atoms with E-state index in [-0.39, 0.29) is 16.4 Å². The Labute approximate surface area is 174 Å². The molecule has 0 saturated carbocycles. The molecule has 4 rings (SSSR count). The number of sulfone groups is 1. The number of fused-ring (bicyclic) bond motifs is 1. The molecule has 2 aromatic heterocycles. The van der Waals surface area contributed by atoms with Gasteiger partial charge in [-0.25, -0.2) is 8.42 Å². The molecule has 30 heavy (non-hydrogen) atoms. The first-order valence-corrected chi connectivity index (χ1v) is 11.0. The van der Waals surface area contributed by atoms with E-state index in [1.165, 1.54) is 12.3 Å². The summed E-state index contributed by atoms with van der Waals surface area (Å²) in [5.41, 5.74) is 0.548. The highest BCUT2D eigenvalue weighted by Crippen LogP contribution is 2.21. The number of hydrogen-bond acceptors (Lipinski definition) is 6. The van der Waals surface area contributed by atoms with Crippen LogP contribution < -0.4 is 4.74 Å². The maximum absolute atomic E-state index is 12.9. The van der Waals surface area contributed by atoms with Crippen LogP contribution in [0.4, 0.5) is 0 Å². The van der Waals surface area contributed by atoms with Gasteiger partial charge in [-0.05, 0) is 42.8 Å². The Morgan fingerprint density at radius 2 is 1.60 bits per heavy atom. The molecule has 0 aliphatic heterocycles. The van der Waals surface area contributed by atoms with E-state index >= 15 is 0 Å². The molecule has 7 nitrogen and oxygen atoms in total. The van der Waals surface area contributed by atoms with Gasteiger partial charge in [0, 0.05) is 12.6 Å². The molecular formula is C22H21N3O4S. The van der Waals surface area contributed by atoms with Crippen molar-refractivity contribution in [3.05, 3.63) is 84.8 Å². The third kappa shape index (κ3) is 4.34. The third-order valence-electron chi connectivity index (χ3n) is 4.70. The molecule has 1 N–H and O–H groups in total. The van der Waals surface area contributed by atoms with E-state index in [4.69, 9.17) is 4.74 Å². The lowest BCUT2D eigenvalue weighted by molar-refractivity contribution is 0.0997. The number of hydrogen-bond donors (Lipinski definition) is 1. The third-order valence-corrected chi connectivity index (χ3v) is 6.45. The van der Waals surface area contributed by atoms with Crippen LogP contribution in [0.25, 0.3) is 5.65 Å². The summed E-state index contributed by atoms with van der Waals surface area (Å²) in [6, 6.07) is 20.7. The lowest BCUT2D eigenvalue weighted by Crippen LogP contribution is -2.18. The molecular weight excluding hydrogens is 402 g/mol. The maximum Gasteiger partial charge on any atom is 0.208 e. The van der Waals surface area contributed by atoms with Gasteiger partial charge in [0.15, 0.2) is 5.65 Å². The van der Waals surface area contributed by atoms with Gasteiger partial charge in [-0.15, -0.1) is 10.2 Å². The van der Waals surface area contributed by atoms with Crippen LogP contribution in [0.2, 0.25) is 0 Å². The van der Waals surface area contributed by atoms with Crippen molar-refractivity contribution in [3.63, 3.8) is 0 Å². The number of aromatic nitrogens is 3. The van der Waals surface area contributed by atoms with Gasteiger partial charge in [-0.3, -0.25) is 4.40 Å². The Morgan fingerprint density at radius 1 is 0.900 bits per heavy atom. The van der Waals surface area contributed by atoms with Gasteiger partial charge in [0.2, 0.25) is 9.84 Å². The van der Waals surface area contributed by atoms with Crippen LogP contribution in [0.5, 0.6) is 5.75 Å². The van der Waals surface area contributed by atoms with Gasteiger partial charge < -0.3 is 9.84 Å². The minimum absolute atomic E-state index is 0.161. The van der Waals surface area contributed by atoms with E-state index in [2.05, 4.69) is 10.2 Å². The summed E-state index contributed by atoms with van der Waals surface area (Å²) in [6.45, 7) is 0.161. The number of nitrogens with zero attached hydrogens (tertiary/aromatic N) is 3. The molecule has 0 fully saturated rings. The van der Waals surface area contributed by atoms with Crippen molar-refractivity contribution in [3.8, 4) is 5.75 Å². The quantitative estimate of drug-likeness (QED) is 0.468. The van der Waals surface area contributed by atoms with Gasteiger partial charge in [-0.1, -0.05) is 36.4 Å². The van der Waals surface area contributed by atoms with E-state index in [0.29, 0.717) is 30.1 Å². The summed E-state index contributed by atoms with van der Waals surface area (Å²) in [4.78, 5) is 0.391.